The van der Waals surface area contributed by atoms with Gasteiger partial charge in [0.15, 0.2) is 0 Å². The van der Waals surface area contributed by atoms with E-state index in [0.717, 1.165) is 41.9 Å². The summed E-state index contributed by atoms with van der Waals surface area (Å²) in [6.07, 6.45) is -0.0508. The van der Waals surface area contributed by atoms with Crippen molar-refractivity contribution in [3.8, 4) is 5.75 Å². The monoisotopic (exact) mass is 583 g/mol. The highest BCUT2D eigenvalue weighted by molar-refractivity contribution is 6.02. The van der Waals surface area contributed by atoms with Gasteiger partial charge in [-0.1, -0.05) is 12.1 Å². The summed E-state index contributed by atoms with van der Waals surface area (Å²) in [4.78, 5) is 33.8. The zero-order chi connectivity index (χ0) is 30.1. The van der Waals surface area contributed by atoms with Crippen molar-refractivity contribution in [1.82, 2.24) is 9.88 Å². The molecule has 1 aromatic heterocycles. The second-order valence-corrected chi connectivity index (χ2v) is 11.4. The molecule has 222 valence electrons. The Bertz CT molecular complexity index is 1450. The van der Waals surface area contributed by atoms with Crippen molar-refractivity contribution in [3.05, 3.63) is 72.6 Å². The molecule has 12 heteroatoms. The van der Waals surface area contributed by atoms with E-state index in [2.05, 4.69) is 25.3 Å². The van der Waals surface area contributed by atoms with Crippen LogP contribution in [0, 0.1) is 0 Å². The van der Waals surface area contributed by atoms with E-state index in [4.69, 9.17) is 4.74 Å². The van der Waals surface area contributed by atoms with E-state index in [1.54, 1.807) is 23.2 Å². The van der Waals surface area contributed by atoms with Crippen LogP contribution in [0.3, 0.4) is 0 Å². The fourth-order valence-corrected chi connectivity index (χ4v) is 5.45. The number of alkyl halides is 3. The first-order chi connectivity index (χ1) is 19.8. The molecule has 2 aliphatic rings. The number of pyridine rings is 1. The predicted octanol–water partition coefficient (Wildman–Crippen LogP) is 7.04. The highest BCUT2D eigenvalue weighted by Gasteiger charge is 2.46. The Kier molecular flexibility index (Phi) is 7.65. The molecular formula is C30H32F3N5O4. The lowest BCUT2D eigenvalue weighted by Crippen LogP contribution is -2.48. The fraction of sp³-hybridized carbons (Fsp3) is 0.367. The van der Waals surface area contributed by atoms with E-state index in [9.17, 15) is 22.8 Å². The molecule has 1 fully saturated rings. The lowest BCUT2D eigenvalue weighted by atomic mass is 9.74. The van der Waals surface area contributed by atoms with Crippen LogP contribution in [0.5, 0.6) is 5.75 Å². The third kappa shape index (κ3) is 6.53. The second kappa shape index (κ2) is 11.1. The van der Waals surface area contributed by atoms with Crippen LogP contribution >= 0.6 is 0 Å². The van der Waals surface area contributed by atoms with E-state index in [1.807, 2.05) is 45.2 Å². The van der Waals surface area contributed by atoms with E-state index >= 15 is 0 Å². The van der Waals surface area contributed by atoms with Crippen LogP contribution in [0.25, 0.3) is 0 Å². The van der Waals surface area contributed by atoms with Crippen LogP contribution in [0.2, 0.25) is 0 Å². The van der Waals surface area contributed by atoms with Gasteiger partial charge in [-0.05, 0) is 81.6 Å². The van der Waals surface area contributed by atoms with Gasteiger partial charge in [0.1, 0.15) is 11.4 Å². The molecule has 0 radical (unpaired) electrons. The molecule has 2 aromatic carbocycles. The highest BCUT2D eigenvalue weighted by Crippen LogP contribution is 2.50. The molecule has 0 unspecified atom stereocenters. The lowest BCUT2D eigenvalue weighted by Gasteiger charge is -2.40. The SMILES string of the molecule is CC(C)(C)OC(=O)N1CCC2(CC1)CN(c1ccccc1NC(=O)Nc1ccc(OC(F)(F)F)cc1)c1cnccc12. The number of anilines is 4. The first-order valence-corrected chi connectivity index (χ1v) is 13.5. The van der Waals surface area contributed by atoms with Crippen molar-refractivity contribution in [1.29, 1.82) is 0 Å². The van der Waals surface area contributed by atoms with Crippen LogP contribution in [-0.4, -0.2) is 53.6 Å². The van der Waals surface area contributed by atoms with E-state index < -0.39 is 18.0 Å². The van der Waals surface area contributed by atoms with E-state index in [0.29, 0.717) is 31.0 Å². The van der Waals surface area contributed by atoms with Crippen LogP contribution in [-0.2, 0) is 10.2 Å². The summed E-state index contributed by atoms with van der Waals surface area (Å²) in [5.41, 5.74) is 2.90. The van der Waals surface area contributed by atoms with E-state index in [-0.39, 0.29) is 17.3 Å². The molecule has 5 rings (SSSR count). The summed E-state index contributed by atoms with van der Waals surface area (Å²) in [7, 11) is 0. The summed E-state index contributed by atoms with van der Waals surface area (Å²) in [5.74, 6) is -0.383. The largest absolute Gasteiger partial charge is 0.573 e. The minimum atomic E-state index is -4.80. The second-order valence-electron chi connectivity index (χ2n) is 11.4. The number of carbonyl (C=O) groups is 2. The number of urea groups is 1. The molecule has 9 nitrogen and oxygen atoms in total. The molecule has 0 atom stereocenters. The number of carbonyl (C=O) groups excluding carboxylic acids is 2. The number of hydrogen-bond acceptors (Lipinski definition) is 6. The van der Waals surface area contributed by atoms with E-state index in [1.165, 1.54) is 12.1 Å². The van der Waals surface area contributed by atoms with Gasteiger partial charge in [-0.25, -0.2) is 9.59 Å². The average molecular weight is 584 g/mol. The number of benzene rings is 2. The number of para-hydroxylation sites is 2. The van der Waals surface area contributed by atoms with Gasteiger partial charge in [0.25, 0.3) is 0 Å². The Morgan fingerprint density at radius 2 is 1.62 bits per heavy atom. The van der Waals surface area contributed by atoms with Crippen molar-refractivity contribution < 1.29 is 32.2 Å². The normalized spacial score (nSPS) is 16.1. The highest BCUT2D eigenvalue weighted by atomic mass is 19.4. The summed E-state index contributed by atoms with van der Waals surface area (Å²) in [6, 6.07) is 13.7. The number of nitrogens with one attached hydrogen (secondary N) is 2. The first kappa shape index (κ1) is 29.0. The average Bonchev–Trinajstić information content (AvgIpc) is 3.22. The number of fused-ring (bicyclic) bond motifs is 2. The van der Waals surface area contributed by atoms with Crippen LogP contribution < -0.4 is 20.3 Å². The maximum Gasteiger partial charge on any atom is 0.573 e. The Morgan fingerprint density at radius 1 is 0.929 bits per heavy atom. The van der Waals surface area contributed by atoms with Gasteiger partial charge >= 0.3 is 18.5 Å². The molecular weight excluding hydrogens is 551 g/mol. The summed E-state index contributed by atoms with van der Waals surface area (Å²) in [5, 5.41) is 5.50. The number of nitrogens with zero attached hydrogens (tertiary/aromatic N) is 3. The molecule has 0 aliphatic carbocycles. The van der Waals surface area contributed by atoms with Gasteiger partial charge in [-0.15, -0.1) is 13.2 Å². The fourth-order valence-electron chi connectivity index (χ4n) is 5.45. The van der Waals surface area contributed by atoms with Gasteiger partial charge in [0, 0.05) is 36.9 Å². The Morgan fingerprint density at radius 3 is 2.29 bits per heavy atom. The molecule has 3 amide bonds. The minimum absolute atomic E-state index is 0.216. The quantitative estimate of drug-likeness (QED) is 0.342. The molecule has 1 spiro atoms. The maximum atomic E-state index is 12.9. The number of piperidine rings is 1. The van der Waals surface area contributed by atoms with Crippen molar-refractivity contribution in [2.45, 2.75) is 51.0 Å². The Labute approximate surface area is 241 Å². The standard InChI is InChI=1S/C30H32F3N5O4/c1-28(2,3)42-27(40)37-16-13-29(14-17-37)19-38(25-18-34-15-12-22(25)29)24-7-5-4-6-23(24)36-26(39)35-20-8-10-21(11-9-20)41-30(31,32)33/h4-12,15,18H,13-14,16-17,19H2,1-3H3,(H2,35,36,39). The topological polar surface area (TPSA) is 96.0 Å². The number of likely N-dealkylation sites (tertiary alicyclic amines) is 1. The molecule has 0 saturated carbocycles. The van der Waals surface area contributed by atoms with Crippen molar-refractivity contribution >= 4 is 34.9 Å². The van der Waals surface area contributed by atoms with Gasteiger partial charge in [0.2, 0.25) is 0 Å². The molecule has 2 N–H and O–H groups in total. The first-order valence-electron chi connectivity index (χ1n) is 13.5. The lowest BCUT2D eigenvalue weighted by molar-refractivity contribution is -0.274. The number of rotatable bonds is 4. The Hall–Kier alpha value is -4.48. The van der Waals surface area contributed by atoms with Crippen molar-refractivity contribution in [2.24, 2.45) is 0 Å². The molecule has 3 heterocycles. The van der Waals surface area contributed by atoms with Gasteiger partial charge in [-0.2, -0.15) is 0 Å². The number of ether oxygens (including phenoxy) is 2. The predicted molar refractivity (Wildman–Crippen MR) is 152 cm³/mol. The Balaban J connectivity index is 1.31. The van der Waals surface area contributed by atoms with Crippen LogP contribution in [0.1, 0.15) is 39.2 Å². The third-order valence-electron chi connectivity index (χ3n) is 7.28. The summed E-state index contributed by atoms with van der Waals surface area (Å²) in [6.45, 7) is 7.30. The van der Waals surface area contributed by atoms with Gasteiger partial charge < -0.3 is 29.9 Å². The van der Waals surface area contributed by atoms with Crippen LogP contribution in [0.4, 0.5) is 45.5 Å². The maximum absolute atomic E-state index is 12.9. The summed E-state index contributed by atoms with van der Waals surface area (Å²) >= 11 is 0. The number of hydrogen-bond donors (Lipinski definition) is 2. The molecule has 0 bridgehead atoms. The van der Waals surface area contributed by atoms with Gasteiger partial charge in [-0.3, -0.25) is 4.98 Å². The molecule has 2 aliphatic heterocycles. The number of amides is 3. The van der Waals surface area contributed by atoms with Gasteiger partial charge in [0.05, 0.1) is 23.3 Å². The molecule has 1 saturated heterocycles. The zero-order valence-corrected chi connectivity index (χ0v) is 23.5. The third-order valence-corrected chi connectivity index (χ3v) is 7.28. The smallest absolute Gasteiger partial charge is 0.444 e. The van der Waals surface area contributed by atoms with Crippen molar-refractivity contribution in [3.63, 3.8) is 0 Å². The van der Waals surface area contributed by atoms with Crippen molar-refractivity contribution in [2.75, 3.05) is 35.2 Å². The van der Waals surface area contributed by atoms with Crippen LogP contribution in [0.15, 0.2) is 67.0 Å². The number of aromatic nitrogens is 1. The number of halogens is 3. The molecule has 42 heavy (non-hydrogen) atoms. The molecule has 3 aromatic rings. The summed E-state index contributed by atoms with van der Waals surface area (Å²) < 4.78 is 46.8. The zero-order valence-electron chi connectivity index (χ0n) is 23.5. The minimum Gasteiger partial charge on any atom is -0.444 e.